The lowest BCUT2D eigenvalue weighted by Gasteiger charge is -2.22. The van der Waals surface area contributed by atoms with E-state index in [0.29, 0.717) is 18.5 Å². The van der Waals surface area contributed by atoms with E-state index in [4.69, 9.17) is 4.74 Å². The summed E-state index contributed by atoms with van der Waals surface area (Å²) in [5, 5.41) is 1.66. The van der Waals surface area contributed by atoms with E-state index in [0.717, 1.165) is 16.2 Å². The second-order valence-corrected chi connectivity index (χ2v) is 10.5. The standard InChI is InChI=1S/C27H28F2N2O5P2/c1-27(28,29)36-16-9-7-15(8-10-16)20(32)13-18-19(25-21(37)11-17(35-3)12-22(25)38)14-31(26(18)34)23-5-4-6-24(33)30(23)2/h4-12,18-19H,13-14,37-38H2,1-3H3/t18-,19+/m0/s1. The van der Waals surface area contributed by atoms with E-state index in [1.165, 1.54) is 34.9 Å². The number of methoxy groups -OCH3 is 1. The molecule has 1 amide bonds. The van der Waals surface area contributed by atoms with Gasteiger partial charge in [-0.1, -0.05) is 6.07 Å². The smallest absolute Gasteiger partial charge is 0.394 e. The first-order chi connectivity index (χ1) is 17.9. The number of ketones is 1. The third-order valence-electron chi connectivity index (χ3n) is 6.59. The number of aromatic nitrogens is 1. The minimum atomic E-state index is -3.35. The van der Waals surface area contributed by atoms with Crippen LogP contribution in [0.2, 0.25) is 0 Å². The average molecular weight is 560 g/mol. The molecule has 0 spiro atoms. The van der Waals surface area contributed by atoms with Gasteiger partial charge in [-0.15, -0.1) is 18.5 Å². The van der Waals surface area contributed by atoms with Gasteiger partial charge in [-0.05, 0) is 58.6 Å². The van der Waals surface area contributed by atoms with Crippen LogP contribution >= 0.6 is 18.5 Å². The van der Waals surface area contributed by atoms with Gasteiger partial charge in [0.2, 0.25) is 5.91 Å². The molecule has 4 atom stereocenters. The first-order valence-corrected chi connectivity index (χ1v) is 13.0. The Hall–Kier alpha value is -3.15. The summed E-state index contributed by atoms with van der Waals surface area (Å²) in [4.78, 5) is 40.9. The van der Waals surface area contributed by atoms with Gasteiger partial charge in [-0.2, -0.15) is 8.78 Å². The highest BCUT2D eigenvalue weighted by Crippen LogP contribution is 2.39. The minimum absolute atomic E-state index is 0.0708. The minimum Gasteiger partial charge on any atom is -0.497 e. The monoisotopic (exact) mass is 560 g/mol. The number of carbonyl (C=O) groups is 2. The Morgan fingerprint density at radius 2 is 1.68 bits per heavy atom. The Balaban J connectivity index is 1.70. The molecule has 0 radical (unpaired) electrons. The summed E-state index contributed by atoms with van der Waals surface area (Å²) in [5.41, 5.74) is 0.902. The van der Waals surface area contributed by atoms with Crippen LogP contribution < -0.4 is 30.5 Å². The number of rotatable bonds is 8. The van der Waals surface area contributed by atoms with E-state index >= 15 is 0 Å². The van der Waals surface area contributed by atoms with Gasteiger partial charge in [-0.25, -0.2) is 0 Å². The molecule has 2 aromatic carbocycles. The quantitative estimate of drug-likeness (QED) is 0.312. The molecule has 0 saturated carbocycles. The molecular formula is C27H28F2N2O5P2. The van der Waals surface area contributed by atoms with Crippen molar-refractivity contribution in [3.05, 3.63) is 76.1 Å². The number of alkyl halides is 2. The molecule has 1 fully saturated rings. The number of anilines is 1. The SMILES string of the molecule is COc1cc(P)c([C@@H]2CN(c3cccc(=O)n3C)C(=O)[C@H]2CC(=O)c2ccc(OC(C)(F)F)cc2)c(P)c1. The molecule has 1 aliphatic heterocycles. The summed E-state index contributed by atoms with van der Waals surface area (Å²) in [5.74, 6) is -0.652. The number of Topliss-reactive ketones (excluding diaryl/α,β-unsaturated/α-hetero) is 1. The predicted molar refractivity (Wildman–Crippen MR) is 149 cm³/mol. The van der Waals surface area contributed by atoms with E-state index in [1.807, 2.05) is 12.1 Å². The Kier molecular flexibility index (Phi) is 8.01. The number of benzene rings is 2. The highest BCUT2D eigenvalue weighted by atomic mass is 31.0. The van der Waals surface area contributed by atoms with Crippen LogP contribution in [0.4, 0.5) is 14.6 Å². The van der Waals surface area contributed by atoms with Crippen molar-refractivity contribution in [3.63, 3.8) is 0 Å². The van der Waals surface area contributed by atoms with Crippen molar-refractivity contribution < 1.29 is 27.8 Å². The fourth-order valence-corrected chi connectivity index (χ4v) is 6.05. The lowest BCUT2D eigenvalue weighted by molar-refractivity contribution is -0.158. The van der Waals surface area contributed by atoms with Crippen molar-refractivity contribution in [2.45, 2.75) is 25.4 Å². The molecule has 11 heteroatoms. The summed E-state index contributed by atoms with van der Waals surface area (Å²) >= 11 is 0. The molecule has 38 heavy (non-hydrogen) atoms. The van der Waals surface area contributed by atoms with Crippen LogP contribution in [0.15, 0.2) is 59.4 Å². The first-order valence-electron chi connectivity index (χ1n) is 11.8. The maximum atomic E-state index is 13.8. The molecule has 1 aromatic heterocycles. The van der Waals surface area contributed by atoms with Gasteiger partial charge in [-0.3, -0.25) is 23.9 Å². The largest absolute Gasteiger partial charge is 0.497 e. The number of ether oxygens (including phenoxy) is 2. The summed E-state index contributed by atoms with van der Waals surface area (Å²) in [6.45, 7) is 0.896. The fourth-order valence-electron chi connectivity index (χ4n) is 4.79. The van der Waals surface area contributed by atoms with Crippen LogP contribution in [-0.2, 0) is 11.8 Å². The summed E-state index contributed by atoms with van der Waals surface area (Å²) < 4.78 is 37.6. The zero-order valence-corrected chi connectivity index (χ0v) is 23.4. The van der Waals surface area contributed by atoms with Crippen molar-refractivity contribution in [2.24, 2.45) is 13.0 Å². The van der Waals surface area contributed by atoms with Crippen LogP contribution in [-0.4, -0.2) is 36.0 Å². The van der Waals surface area contributed by atoms with Gasteiger partial charge >= 0.3 is 6.11 Å². The van der Waals surface area contributed by atoms with Gasteiger partial charge in [0.05, 0.1) is 13.0 Å². The van der Waals surface area contributed by atoms with Crippen LogP contribution in [0.5, 0.6) is 11.5 Å². The molecule has 3 aromatic rings. The summed E-state index contributed by atoms with van der Waals surface area (Å²) in [7, 11) is 8.51. The van der Waals surface area contributed by atoms with Crippen LogP contribution in [0.25, 0.3) is 0 Å². The van der Waals surface area contributed by atoms with Crippen molar-refractivity contribution in [1.82, 2.24) is 4.57 Å². The Bertz CT molecular complexity index is 1410. The fraction of sp³-hybridized carbons (Fsp3) is 0.296. The van der Waals surface area contributed by atoms with Crippen LogP contribution in [0.3, 0.4) is 0 Å². The zero-order chi connectivity index (χ0) is 27.8. The zero-order valence-electron chi connectivity index (χ0n) is 21.1. The number of hydrogen-bond donors (Lipinski definition) is 0. The molecule has 7 nitrogen and oxygen atoms in total. The number of amides is 1. The van der Waals surface area contributed by atoms with E-state index in [9.17, 15) is 23.2 Å². The van der Waals surface area contributed by atoms with Gasteiger partial charge < -0.3 is 9.47 Å². The summed E-state index contributed by atoms with van der Waals surface area (Å²) in [6, 6.07) is 13.8. The topological polar surface area (TPSA) is 77.8 Å². The third-order valence-corrected chi connectivity index (χ3v) is 7.54. The van der Waals surface area contributed by atoms with Gasteiger partial charge in [0, 0.05) is 44.5 Å². The predicted octanol–water partition coefficient (Wildman–Crippen LogP) is 3.41. The number of carbonyl (C=O) groups excluding carboxylic acids is 2. The van der Waals surface area contributed by atoms with E-state index in [1.54, 1.807) is 31.2 Å². The molecule has 0 aliphatic carbocycles. The lowest BCUT2D eigenvalue weighted by atomic mass is 9.84. The third kappa shape index (κ3) is 5.79. The van der Waals surface area contributed by atoms with Crippen LogP contribution in [0, 0.1) is 5.92 Å². The highest BCUT2D eigenvalue weighted by Gasteiger charge is 2.44. The Morgan fingerprint density at radius 3 is 2.26 bits per heavy atom. The molecule has 4 rings (SSSR count). The van der Waals surface area contributed by atoms with Crippen molar-refractivity contribution >= 4 is 46.6 Å². The van der Waals surface area contributed by atoms with Crippen molar-refractivity contribution in [1.29, 1.82) is 0 Å². The summed E-state index contributed by atoms with van der Waals surface area (Å²) in [6.07, 6.45) is -3.45. The molecule has 2 unspecified atom stereocenters. The Labute approximate surface area is 223 Å². The normalized spacial score (nSPS) is 17.6. The van der Waals surface area contributed by atoms with Crippen LogP contribution in [0.1, 0.15) is 35.2 Å². The van der Waals surface area contributed by atoms with E-state index < -0.39 is 12.0 Å². The van der Waals surface area contributed by atoms with Crippen molar-refractivity contribution in [3.8, 4) is 11.5 Å². The number of nitrogens with zero attached hydrogens (tertiary/aromatic N) is 2. The molecule has 1 saturated heterocycles. The van der Waals surface area contributed by atoms with E-state index in [2.05, 4.69) is 23.2 Å². The molecule has 0 bridgehead atoms. The maximum Gasteiger partial charge on any atom is 0.394 e. The number of hydrogen-bond acceptors (Lipinski definition) is 5. The molecular weight excluding hydrogens is 532 g/mol. The second-order valence-electron chi connectivity index (χ2n) is 9.22. The molecule has 0 N–H and O–H groups in total. The van der Waals surface area contributed by atoms with Gasteiger partial charge in [0.1, 0.15) is 17.3 Å². The molecule has 2 heterocycles. The molecule has 1 aliphatic rings. The Morgan fingerprint density at radius 1 is 1.05 bits per heavy atom. The van der Waals surface area contributed by atoms with Gasteiger partial charge in [0.15, 0.2) is 5.78 Å². The number of pyridine rings is 1. The average Bonchev–Trinajstić information content (AvgIpc) is 3.15. The molecule has 200 valence electrons. The van der Waals surface area contributed by atoms with E-state index in [-0.39, 0.29) is 47.4 Å². The maximum absolute atomic E-state index is 13.8. The highest BCUT2D eigenvalue weighted by molar-refractivity contribution is 7.29. The first kappa shape index (κ1) is 27.9. The van der Waals surface area contributed by atoms with Crippen molar-refractivity contribution in [2.75, 3.05) is 18.6 Å². The second kappa shape index (κ2) is 10.9. The number of halogens is 2. The lowest BCUT2D eigenvalue weighted by Crippen LogP contribution is -2.32. The van der Waals surface area contributed by atoms with Gasteiger partial charge in [0.25, 0.3) is 5.56 Å².